The summed E-state index contributed by atoms with van der Waals surface area (Å²) in [6.07, 6.45) is 1.38. The second-order valence-corrected chi connectivity index (χ2v) is 5.36. The zero-order valence-corrected chi connectivity index (χ0v) is 10.7. The van der Waals surface area contributed by atoms with Gasteiger partial charge in [0.25, 0.3) is 0 Å². The van der Waals surface area contributed by atoms with E-state index in [1.54, 1.807) is 0 Å². The van der Waals surface area contributed by atoms with Gasteiger partial charge in [-0.1, -0.05) is 26.0 Å². The molecule has 0 fully saturated rings. The standard InChI is InChI=1S/C14H20N2O/c1-9(2)14(3,15)11-5-6-12-10(8-11)4-7-13(17)16-12/h5-6,8-9H,4,7,15H2,1-3H3,(H,16,17). The van der Waals surface area contributed by atoms with Crippen molar-refractivity contribution in [3.05, 3.63) is 29.3 Å². The van der Waals surface area contributed by atoms with E-state index >= 15 is 0 Å². The minimum Gasteiger partial charge on any atom is -0.326 e. The van der Waals surface area contributed by atoms with Crippen LogP contribution >= 0.6 is 0 Å². The van der Waals surface area contributed by atoms with E-state index in [4.69, 9.17) is 5.73 Å². The Morgan fingerprint density at radius 2 is 2.06 bits per heavy atom. The Labute approximate surface area is 102 Å². The Balaban J connectivity index is 2.37. The van der Waals surface area contributed by atoms with E-state index in [0.717, 1.165) is 17.7 Å². The van der Waals surface area contributed by atoms with Crippen molar-refractivity contribution in [1.82, 2.24) is 0 Å². The number of carbonyl (C=O) groups excluding carboxylic acids is 1. The van der Waals surface area contributed by atoms with E-state index in [1.807, 2.05) is 12.1 Å². The van der Waals surface area contributed by atoms with Crippen molar-refractivity contribution >= 4 is 11.6 Å². The number of carbonyl (C=O) groups is 1. The number of hydrogen-bond donors (Lipinski definition) is 2. The summed E-state index contributed by atoms with van der Waals surface area (Å²) in [5.41, 5.74) is 9.30. The molecule has 0 saturated heterocycles. The third kappa shape index (κ3) is 2.20. The molecule has 1 heterocycles. The average molecular weight is 232 g/mol. The molecule has 3 N–H and O–H groups in total. The Bertz CT molecular complexity index is 450. The normalized spacial score (nSPS) is 18.5. The van der Waals surface area contributed by atoms with Gasteiger partial charge in [0.15, 0.2) is 0 Å². The topological polar surface area (TPSA) is 55.1 Å². The lowest BCUT2D eigenvalue weighted by atomic mass is 9.81. The maximum absolute atomic E-state index is 11.3. The fourth-order valence-corrected chi connectivity index (χ4v) is 2.05. The van der Waals surface area contributed by atoms with E-state index < -0.39 is 0 Å². The quantitative estimate of drug-likeness (QED) is 0.822. The lowest BCUT2D eigenvalue weighted by Crippen LogP contribution is -2.38. The molecule has 1 aromatic carbocycles. The first-order valence-electron chi connectivity index (χ1n) is 6.13. The van der Waals surface area contributed by atoms with Gasteiger partial charge in [0, 0.05) is 17.6 Å². The van der Waals surface area contributed by atoms with Crippen LogP contribution in [0.5, 0.6) is 0 Å². The molecule has 92 valence electrons. The van der Waals surface area contributed by atoms with Crippen molar-refractivity contribution in [2.45, 2.75) is 39.2 Å². The van der Waals surface area contributed by atoms with Gasteiger partial charge in [-0.15, -0.1) is 0 Å². The summed E-state index contributed by atoms with van der Waals surface area (Å²) >= 11 is 0. The van der Waals surface area contributed by atoms with Crippen LogP contribution in [0.15, 0.2) is 18.2 Å². The summed E-state index contributed by atoms with van der Waals surface area (Å²) in [5, 5.41) is 2.89. The van der Waals surface area contributed by atoms with Crippen LogP contribution in [-0.2, 0) is 16.8 Å². The van der Waals surface area contributed by atoms with Crippen LogP contribution in [0.4, 0.5) is 5.69 Å². The van der Waals surface area contributed by atoms with E-state index in [1.165, 1.54) is 5.56 Å². The first-order chi connectivity index (χ1) is 7.91. The number of hydrogen-bond acceptors (Lipinski definition) is 2. The highest BCUT2D eigenvalue weighted by atomic mass is 16.1. The molecule has 0 radical (unpaired) electrons. The molecule has 1 aliphatic rings. The molecule has 0 aliphatic carbocycles. The molecule has 2 rings (SSSR count). The molecule has 1 aromatic rings. The maximum Gasteiger partial charge on any atom is 0.224 e. The molecule has 1 aliphatic heterocycles. The van der Waals surface area contributed by atoms with Gasteiger partial charge in [-0.05, 0) is 36.5 Å². The molecule has 1 atom stereocenters. The largest absolute Gasteiger partial charge is 0.326 e. The van der Waals surface area contributed by atoms with Crippen molar-refractivity contribution in [3.8, 4) is 0 Å². The van der Waals surface area contributed by atoms with Gasteiger partial charge in [-0.3, -0.25) is 4.79 Å². The number of fused-ring (bicyclic) bond motifs is 1. The second-order valence-electron chi connectivity index (χ2n) is 5.36. The van der Waals surface area contributed by atoms with Gasteiger partial charge < -0.3 is 11.1 Å². The molecule has 3 heteroatoms. The van der Waals surface area contributed by atoms with Crippen molar-refractivity contribution in [2.24, 2.45) is 11.7 Å². The van der Waals surface area contributed by atoms with Crippen LogP contribution < -0.4 is 11.1 Å². The van der Waals surface area contributed by atoms with Crippen molar-refractivity contribution in [3.63, 3.8) is 0 Å². The SMILES string of the molecule is CC(C)C(C)(N)c1ccc2c(c1)CCC(=O)N2. The molecule has 0 saturated carbocycles. The van der Waals surface area contributed by atoms with Crippen LogP contribution in [0, 0.1) is 5.92 Å². The van der Waals surface area contributed by atoms with Crippen molar-refractivity contribution in [1.29, 1.82) is 0 Å². The number of anilines is 1. The summed E-state index contributed by atoms with van der Waals surface area (Å²) in [6, 6.07) is 6.12. The van der Waals surface area contributed by atoms with Crippen LogP contribution in [0.2, 0.25) is 0 Å². The fraction of sp³-hybridized carbons (Fsp3) is 0.500. The molecule has 0 aromatic heterocycles. The van der Waals surface area contributed by atoms with Gasteiger partial charge in [0.2, 0.25) is 5.91 Å². The predicted octanol–water partition coefficient (Wildman–Crippen LogP) is 2.40. The van der Waals surface area contributed by atoms with E-state index in [-0.39, 0.29) is 11.4 Å². The smallest absolute Gasteiger partial charge is 0.224 e. The second kappa shape index (κ2) is 4.15. The summed E-state index contributed by atoms with van der Waals surface area (Å²) < 4.78 is 0. The fourth-order valence-electron chi connectivity index (χ4n) is 2.05. The number of nitrogens with one attached hydrogen (secondary N) is 1. The van der Waals surface area contributed by atoms with Gasteiger partial charge in [-0.2, -0.15) is 0 Å². The molecular formula is C14H20N2O. The van der Waals surface area contributed by atoms with E-state index in [9.17, 15) is 4.79 Å². The Hall–Kier alpha value is -1.35. The molecule has 17 heavy (non-hydrogen) atoms. The molecular weight excluding hydrogens is 212 g/mol. The number of nitrogens with two attached hydrogens (primary N) is 1. The zero-order chi connectivity index (χ0) is 12.6. The van der Waals surface area contributed by atoms with E-state index in [2.05, 4.69) is 32.2 Å². The van der Waals surface area contributed by atoms with Crippen LogP contribution in [-0.4, -0.2) is 5.91 Å². The van der Waals surface area contributed by atoms with Crippen LogP contribution in [0.3, 0.4) is 0 Å². The predicted molar refractivity (Wildman–Crippen MR) is 69.8 cm³/mol. The summed E-state index contributed by atoms with van der Waals surface area (Å²) in [4.78, 5) is 11.3. The van der Waals surface area contributed by atoms with Crippen molar-refractivity contribution < 1.29 is 4.79 Å². The van der Waals surface area contributed by atoms with Gasteiger partial charge >= 0.3 is 0 Å². The Kier molecular flexibility index (Phi) is 2.96. The zero-order valence-electron chi connectivity index (χ0n) is 10.7. The van der Waals surface area contributed by atoms with Gasteiger partial charge in [0.1, 0.15) is 0 Å². The molecule has 3 nitrogen and oxygen atoms in total. The van der Waals surface area contributed by atoms with Crippen LogP contribution in [0.25, 0.3) is 0 Å². The minimum atomic E-state index is -0.323. The number of rotatable bonds is 2. The third-order valence-electron chi connectivity index (χ3n) is 3.82. The molecule has 0 bridgehead atoms. The molecule has 1 amide bonds. The van der Waals surface area contributed by atoms with Gasteiger partial charge in [0.05, 0.1) is 0 Å². The first-order valence-corrected chi connectivity index (χ1v) is 6.13. The van der Waals surface area contributed by atoms with Gasteiger partial charge in [-0.25, -0.2) is 0 Å². The Morgan fingerprint density at radius 3 is 2.71 bits per heavy atom. The maximum atomic E-state index is 11.3. The third-order valence-corrected chi connectivity index (χ3v) is 3.82. The first kappa shape index (κ1) is 12.1. The highest BCUT2D eigenvalue weighted by Crippen LogP contribution is 2.31. The summed E-state index contributed by atoms with van der Waals surface area (Å²) in [7, 11) is 0. The highest BCUT2D eigenvalue weighted by molar-refractivity contribution is 5.93. The molecule has 0 spiro atoms. The minimum absolute atomic E-state index is 0.101. The Morgan fingerprint density at radius 1 is 1.35 bits per heavy atom. The lowest BCUT2D eigenvalue weighted by molar-refractivity contribution is -0.116. The van der Waals surface area contributed by atoms with Crippen molar-refractivity contribution in [2.75, 3.05) is 5.32 Å². The monoisotopic (exact) mass is 232 g/mol. The highest BCUT2D eigenvalue weighted by Gasteiger charge is 2.26. The summed E-state index contributed by atoms with van der Waals surface area (Å²) in [6.45, 7) is 6.31. The number of aryl methyl sites for hydroxylation is 1. The lowest BCUT2D eigenvalue weighted by Gasteiger charge is -2.31. The average Bonchev–Trinajstić information content (AvgIpc) is 2.28. The van der Waals surface area contributed by atoms with Crippen LogP contribution in [0.1, 0.15) is 38.3 Å². The van der Waals surface area contributed by atoms with E-state index in [0.29, 0.717) is 12.3 Å². The molecule has 1 unspecified atom stereocenters. The number of amides is 1. The summed E-state index contributed by atoms with van der Waals surface area (Å²) in [5.74, 6) is 0.475. The number of benzene rings is 1.